The number of aromatic nitrogens is 3. The molecule has 0 spiro atoms. The predicted octanol–water partition coefficient (Wildman–Crippen LogP) is 16.8. The monoisotopic (exact) mass is 883 g/mol. The second-order valence-corrected chi connectivity index (χ2v) is 16.6. The van der Waals surface area contributed by atoms with Crippen LogP contribution in [0, 0.1) is 0 Å². The van der Waals surface area contributed by atoms with Gasteiger partial charge in [-0.2, -0.15) is 0 Å². The smallest absolute Gasteiger partial charge is 0.133 e. The molecule has 0 saturated carbocycles. The molecule has 68 heavy (non-hydrogen) atoms. The molecule has 0 amide bonds. The Hall–Kier alpha value is -8.54. The first kappa shape index (κ1) is 44.7. The molecule has 0 aliphatic carbocycles. The van der Waals surface area contributed by atoms with E-state index in [1.807, 2.05) is 57.2 Å². The molecule has 0 fully saturated rings. The molecule has 2 N–H and O–H groups in total. The number of rotatable bonds is 12. The van der Waals surface area contributed by atoms with Crippen molar-refractivity contribution in [1.82, 2.24) is 13.7 Å². The van der Waals surface area contributed by atoms with Gasteiger partial charge in [-0.05, 0) is 123 Å². The summed E-state index contributed by atoms with van der Waals surface area (Å²) in [6, 6.07) is 58.8. The van der Waals surface area contributed by atoms with Gasteiger partial charge in [0, 0.05) is 56.2 Å². The summed E-state index contributed by atoms with van der Waals surface area (Å²) in [5, 5.41) is 5.79. The molecule has 10 rings (SSSR count). The average Bonchev–Trinajstić information content (AvgIpc) is 4.02. The lowest BCUT2D eigenvalue weighted by molar-refractivity contribution is 1.01. The highest BCUT2D eigenvalue weighted by Gasteiger charge is 2.27. The molecule has 5 nitrogen and oxygen atoms in total. The molecule has 334 valence electrons. The van der Waals surface area contributed by atoms with Crippen molar-refractivity contribution in [3.63, 3.8) is 0 Å². The Morgan fingerprint density at radius 1 is 0.515 bits per heavy atom. The van der Waals surface area contributed by atoms with E-state index >= 15 is 0 Å². The minimum absolute atomic E-state index is 0.546. The van der Waals surface area contributed by atoms with E-state index in [1.54, 1.807) is 6.08 Å². The summed E-state index contributed by atoms with van der Waals surface area (Å²) in [6.45, 7) is 16.8. The molecule has 0 unspecified atom stereocenters. The highest BCUT2D eigenvalue weighted by atomic mass is 15.2. The molecule has 3 aromatic heterocycles. The summed E-state index contributed by atoms with van der Waals surface area (Å²) in [7, 11) is 0. The number of nitrogen functional groups attached to an aromatic ring is 1. The van der Waals surface area contributed by atoms with Crippen LogP contribution in [0.15, 0.2) is 249 Å². The number of benzene rings is 7. The molecule has 5 heteroatoms. The predicted molar refractivity (Wildman–Crippen MR) is 296 cm³/mol. The molecule has 0 aliphatic heterocycles. The summed E-state index contributed by atoms with van der Waals surface area (Å²) in [5.41, 5.74) is 21.6. The minimum atomic E-state index is 0.546. The molecule has 10 aromatic rings. The Balaban J connectivity index is 0.00000139. The van der Waals surface area contributed by atoms with Crippen LogP contribution in [0.1, 0.15) is 27.7 Å². The van der Waals surface area contributed by atoms with Crippen LogP contribution < -0.4 is 10.6 Å². The number of hydrogen-bond donors (Lipinski definition) is 1. The van der Waals surface area contributed by atoms with Crippen LogP contribution in [0.4, 0.5) is 11.5 Å². The topological polar surface area (TPSA) is 44.0 Å². The molecule has 0 atom stereocenters. The van der Waals surface area contributed by atoms with Gasteiger partial charge in [-0.3, -0.25) is 4.57 Å². The lowest BCUT2D eigenvalue weighted by atomic mass is 10.0. The molecule has 0 radical (unpaired) electrons. The number of nitrogens with zero attached hydrogens (tertiary/aromatic N) is 4. The van der Waals surface area contributed by atoms with E-state index in [9.17, 15) is 0 Å². The fraction of sp³-hybridized carbons (Fsp3) is 0.0794. The zero-order valence-electron chi connectivity index (χ0n) is 39.3. The summed E-state index contributed by atoms with van der Waals surface area (Å²) >= 11 is 0. The number of allylic oxidation sites excluding steroid dienone is 9. The number of hydrogen-bond acceptors (Lipinski definition) is 2. The molecule has 0 aliphatic rings. The second-order valence-electron chi connectivity index (χ2n) is 16.6. The van der Waals surface area contributed by atoms with E-state index in [0.717, 1.165) is 77.9 Å². The highest BCUT2D eigenvalue weighted by Crippen LogP contribution is 2.47. The Kier molecular flexibility index (Phi) is 13.1. The van der Waals surface area contributed by atoms with Gasteiger partial charge in [0.1, 0.15) is 5.82 Å². The fourth-order valence-corrected chi connectivity index (χ4v) is 9.43. The van der Waals surface area contributed by atoms with E-state index in [1.165, 1.54) is 21.8 Å². The standard InChI is InChI=1S/C59H49N5.C4H8/c1-5-9-22-41(7-3)40-61(44(8-4)23-10-6-2)58-50-35-34-49-52-39-43(42-32-36-54-51(38-42)48-30-20-21-31-53(48)62(54)45-24-14-11-15-25-45)33-37-55(52)63(46-26-16-12-17-27-46)56(49)57(50)64(59(58)60)47-28-18-13-19-29-47;1-3-4-2/h5-39H,2-3,40,60H2,1,4H3;3-4H,1-2H3/b9-5-,23-10-,41-22+,44-8+;4-3-. The number of anilines is 2. The van der Waals surface area contributed by atoms with E-state index in [0.29, 0.717) is 12.4 Å². The maximum absolute atomic E-state index is 7.56. The summed E-state index contributed by atoms with van der Waals surface area (Å²) in [5.74, 6) is 0.642. The lowest BCUT2D eigenvalue weighted by Crippen LogP contribution is -2.25. The van der Waals surface area contributed by atoms with Gasteiger partial charge in [-0.1, -0.05) is 159 Å². The summed E-state index contributed by atoms with van der Waals surface area (Å²) in [6.07, 6.45) is 20.1. The molecule has 0 bridgehead atoms. The Morgan fingerprint density at radius 2 is 1.03 bits per heavy atom. The van der Waals surface area contributed by atoms with E-state index in [-0.39, 0.29) is 0 Å². The van der Waals surface area contributed by atoms with E-state index in [4.69, 9.17) is 5.73 Å². The van der Waals surface area contributed by atoms with Crippen LogP contribution in [-0.2, 0) is 0 Å². The van der Waals surface area contributed by atoms with Gasteiger partial charge in [0.05, 0.1) is 33.3 Å². The van der Waals surface area contributed by atoms with Gasteiger partial charge in [0.2, 0.25) is 0 Å². The van der Waals surface area contributed by atoms with Gasteiger partial charge < -0.3 is 19.8 Å². The van der Waals surface area contributed by atoms with Crippen molar-refractivity contribution in [2.24, 2.45) is 0 Å². The van der Waals surface area contributed by atoms with Crippen LogP contribution >= 0.6 is 0 Å². The summed E-state index contributed by atoms with van der Waals surface area (Å²) < 4.78 is 7.02. The van der Waals surface area contributed by atoms with E-state index < -0.39 is 0 Å². The molecular weight excluding hydrogens is 827 g/mol. The third-order valence-electron chi connectivity index (χ3n) is 12.6. The fourth-order valence-electron chi connectivity index (χ4n) is 9.43. The Labute approximate surface area is 400 Å². The Bertz CT molecular complexity index is 3600. The number of nitrogens with two attached hydrogens (primary N) is 1. The zero-order chi connectivity index (χ0) is 47.1. The van der Waals surface area contributed by atoms with Crippen molar-refractivity contribution >= 4 is 66.0 Å². The maximum atomic E-state index is 7.56. The quantitative estimate of drug-likeness (QED) is 0.0981. The van der Waals surface area contributed by atoms with Gasteiger partial charge in [-0.15, -0.1) is 0 Å². The third kappa shape index (κ3) is 8.09. The second kappa shape index (κ2) is 19.9. The van der Waals surface area contributed by atoms with Gasteiger partial charge in [-0.25, -0.2) is 0 Å². The van der Waals surface area contributed by atoms with Crippen molar-refractivity contribution in [3.05, 3.63) is 249 Å². The van der Waals surface area contributed by atoms with Crippen LogP contribution in [0.3, 0.4) is 0 Å². The van der Waals surface area contributed by atoms with Gasteiger partial charge in [0.15, 0.2) is 0 Å². The lowest BCUT2D eigenvalue weighted by Gasteiger charge is -2.27. The van der Waals surface area contributed by atoms with Crippen molar-refractivity contribution < 1.29 is 0 Å². The molecule has 7 aromatic carbocycles. The van der Waals surface area contributed by atoms with Crippen LogP contribution in [0.25, 0.3) is 82.7 Å². The SMILES string of the molecule is C/C=C\C.C=C/C=C\C(=C/C)N(C/C(C=C)=C/C=C\C)c1c(N)n(-c2ccccc2)c2c1ccc1c3cc(-c4ccc5c(c4)c4ccccc4n5-c4ccccc4)ccc3n(-c3ccccc3)c12. The average molecular weight is 884 g/mol. The van der Waals surface area contributed by atoms with Gasteiger partial charge >= 0.3 is 0 Å². The van der Waals surface area contributed by atoms with E-state index in [2.05, 4.69) is 221 Å². The molecule has 3 heterocycles. The first-order valence-corrected chi connectivity index (χ1v) is 23.3. The van der Waals surface area contributed by atoms with Crippen molar-refractivity contribution in [1.29, 1.82) is 0 Å². The largest absolute Gasteiger partial charge is 0.383 e. The number of fused-ring (bicyclic) bond motifs is 8. The third-order valence-corrected chi connectivity index (χ3v) is 12.6. The van der Waals surface area contributed by atoms with Crippen LogP contribution in [0.2, 0.25) is 0 Å². The van der Waals surface area contributed by atoms with Crippen molar-refractivity contribution in [2.75, 3.05) is 17.2 Å². The highest BCUT2D eigenvalue weighted by molar-refractivity contribution is 6.22. The summed E-state index contributed by atoms with van der Waals surface area (Å²) in [4.78, 5) is 2.30. The number of para-hydroxylation sites is 4. The first-order valence-electron chi connectivity index (χ1n) is 23.3. The Morgan fingerprint density at radius 3 is 1.60 bits per heavy atom. The van der Waals surface area contributed by atoms with Crippen molar-refractivity contribution in [2.45, 2.75) is 27.7 Å². The first-order chi connectivity index (χ1) is 33.5. The zero-order valence-corrected chi connectivity index (χ0v) is 39.3. The normalized spacial score (nSPS) is 12.4. The van der Waals surface area contributed by atoms with Gasteiger partial charge in [0.25, 0.3) is 0 Å². The molecule has 0 saturated heterocycles. The molecular formula is C63H57N5. The van der Waals surface area contributed by atoms with Crippen molar-refractivity contribution in [3.8, 4) is 28.2 Å². The minimum Gasteiger partial charge on any atom is -0.383 e. The maximum Gasteiger partial charge on any atom is 0.133 e. The van der Waals surface area contributed by atoms with Crippen LogP contribution in [-0.4, -0.2) is 20.2 Å². The van der Waals surface area contributed by atoms with Crippen LogP contribution in [0.5, 0.6) is 0 Å².